The van der Waals surface area contributed by atoms with Crippen LogP contribution in [-0.4, -0.2) is 128 Å². The first-order valence-electron chi connectivity index (χ1n) is 25.3. The number of rotatable bonds is 2. The summed E-state index contributed by atoms with van der Waals surface area (Å²) in [5.41, 5.74) is 2.16. The number of carbonyl (C=O) groups is 3. The summed E-state index contributed by atoms with van der Waals surface area (Å²) in [6.07, 6.45) is 7.37. The second-order valence-electron chi connectivity index (χ2n) is 20.9. The van der Waals surface area contributed by atoms with Crippen LogP contribution in [0.15, 0.2) is 57.5 Å². The van der Waals surface area contributed by atoms with Crippen LogP contribution >= 0.6 is 23.5 Å². The topological polar surface area (TPSA) is 210 Å². The maximum absolute atomic E-state index is 15.1. The number of carbonyl (C=O) groups excluding carboxylic acids is 3. The maximum Gasteiger partial charge on any atom is 0.312 e. The van der Waals surface area contributed by atoms with Gasteiger partial charge in [-0.2, -0.15) is 0 Å². The van der Waals surface area contributed by atoms with Crippen LogP contribution in [0.5, 0.6) is 11.5 Å². The number of methoxy groups -OCH3 is 1. The number of aromatic hydroxyl groups is 1. The zero-order valence-electron chi connectivity index (χ0n) is 43.2. The number of amides is 1. The second kappa shape index (κ2) is 20.9. The number of piperidine rings is 1. The van der Waals surface area contributed by atoms with Crippen molar-refractivity contribution in [1.82, 2.24) is 9.88 Å². The van der Waals surface area contributed by atoms with Crippen LogP contribution in [0.25, 0.3) is 33.0 Å². The molecule has 6 aliphatic heterocycles. The fourth-order valence-electron chi connectivity index (χ4n) is 11.5. The Balaban J connectivity index is 1.25. The summed E-state index contributed by atoms with van der Waals surface area (Å²) in [5, 5.41) is 40.1. The van der Waals surface area contributed by atoms with Gasteiger partial charge in [-0.25, -0.2) is 4.98 Å². The van der Waals surface area contributed by atoms with Crippen molar-refractivity contribution in [2.45, 2.75) is 128 Å². The summed E-state index contributed by atoms with van der Waals surface area (Å²) in [7, 11) is 3.72. The minimum Gasteiger partial charge on any atom is -0.505 e. The van der Waals surface area contributed by atoms with Gasteiger partial charge in [0.25, 0.3) is 11.7 Å². The van der Waals surface area contributed by atoms with Crippen LogP contribution in [0.4, 0.5) is 11.4 Å². The summed E-state index contributed by atoms with van der Waals surface area (Å²) in [6, 6.07) is 4.61. The van der Waals surface area contributed by atoms with Gasteiger partial charge < -0.3 is 53.8 Å². The lowest BCUT2D eigenvalue weighted by atomic mass is 9.78. The van der Waals surface area contributed by atoms with E-state index < -0.39 is 82.7 Å². The number of nitrogens with one attached hydrogen (secondary N) is 1. The van der Waals surface area contributed by atoms with Crippen LogP contribution in [0.3, 0.4) is 0 Å². The SMILES string of the molecule is COC1/C=C/OC2(C)Oc3c(C)c(=O)c4c(O)c(c5oc6cc7cc(c6nc5c4c3C2=O)CCC2SCSC2CN(C)C2CCN7CC2)NC(=O)/C(C)=C\C=C\C(C)C(O)C(C)C(O)C(C)C(OC(C)=O)C1C. The number of aryl methyl sites for hydroxylation is 1. The van der Waals surface area contributed by atoms with E-state index >= 15 is 4.79 Å². The van der Waals surface area contributed by atoms with E-state index in [9.17, 15) is 29.7 Å². The predicted molar refractivity (Wildman–Crippen MR) is 286 cm³/mol. The fourth-order valence-corrected chi connectivity index (χ4v) is 15.0. The number of ketones is 1. The number of anilines is 2. The van der Waals surface area contributed by atoms with Crippen molar-refractivity contribution in [1.29, 1.82) is 0 Å². The van der Waals surface area contributed by atoms with Crippen LogP contribution in [-0.2, 0) is 30.2 Å². The van der Waals surface area contributed by atoms with E-state index in [4.69, 9.17) is 28.3 Å². The van der Waals surface area contributed by atoms with Crippen LogP contribution < -0.4 is 20.4 Å². The summed E-state index contributed by atoms with van der Waals surface area (Å²) in [6.45, 7) is 15.5. The fraction of sp³-hybridized carbons (Fsp3) is 0.545. The highest BCUT2D eigenvalue weighted by molar-refractivity contribution is 8.19. The molecule has 7 heterocycles. The monoisotopic (exact) mass is 1040 g/mol. The highest BCUT2D eigenvalue weighted by atomic mass is 32.2. The molecule has 3 aromatic carbocycles. The summed E-state index contributed by atoms with van der Waals surface area (Å²) in [5.74, 6) is -7.08. The standard InChI is InChI=1S/C55H68N4O12S2/c1-26-12-11-13-27(2)54(66)57-45-49(64)41-40(44-52(45)70-37-23-35-22-33(43(37)56-44)14-15-38-39(73-25-72-38)24-58(9)34-16-19-59(35)20-17-34)42-51(31(6)48(41)63)71-55(8,53(42)65)68-21-18-36(67-10)28(3)50(69-32(7)60)30(5)47(62)29(4)46(26)61/h11-13,18,21-23,26,28-30,34,36,38-39,46-47,50,61-62,64H,14-17,19-20,24-25H2,1-10H3,(H,57,66)/b12-11+,21-18+,27-13-. The van der Waals surface area contributed by atoms with Gasteiger partial charge >= 0.3 is 11.8 Å². The normalized spacial score (nSPS) is 33.3. The molecule has 2 fully saturated rings. The molecule has 0 spiro atoms. The summed E-state index contributed by atoms with van der Waals surface area (Å²) < 4.78 is 31.2. The number of Topliss-reactive ketones (excluding diaryl/α,β-unsaturated/α-hetero) is 1. The molecule has 0 aliphatic carbocycles. The number of hydrogen-bond donors (Lipinski definition) is 4. The molecule has 1 aromatic heterocycles. The molecule has 0 saturated carbocycles. The largest absolute Gasteiger partial charge is 0.505 e. The third kappa shape index (κ3) is 9.76. The molecular weight excluding hydrogens is 973 g/mol. The van der Waals surface area contributed by atoms with E-state index in [1.54, 1.807) is 58.9 Å². The molecule has 392 valence electrons. The van der Waals surface area contributed by atoms with E-state index in [0.29, 0.717) is 34.1 Å². The number of aliphatic hydroxyl groups is 2. The molecule has 11 atom stereocenters. The van der Waals surface area contributed by atoms with Crippen molar-refractivity contribution >= 4 is 85.5 Å². The van der Waals surface area contributed by atoms with Crippen LogP contribution in [0, 0.1) is 30.6 Å². The van der Waals surface area contributed by atoms with Crippen molar-refractivity contribution < 1.29 is 53.1 Å². The van der Waals surface area contributed by atoms with E-state index in [1.807, 2.05) is 29.6 Å². The highest BCUT2D eigenvalue weighted by Crippen LogP contribution is 2.49. The molecule has 4 aromatic rings. The smallest absolute Gasteiger partial charge is 0.312 e. The van der Waals surface area contributed by atoms with E-state index in [0.717, 1.165) is 55.2 Å². The van der Waals surface area contributed by atoms with Crippen molar-refractivity contribution in [2.24, 2.45) is 23.7 Å². The first kappa shape index (κ1) is 52.7. The Bertz CT molecular complexity index is 3000. The van der Waals surface area contributed by atoms with Gasteiger partial charge in [0, 0.05) is 114 Å². The van der Waals surface area contributed by atoms with Gasteiger partial charge in [-0.3, -0.25) is 19.2 Å². The zero-order valence-corrected chi connectivity index (χ0v) is 44.9. The Labute approximate surface area is 433 Å². The number of allylic oxidation sites excluding steroid dienone is 2. The van der Waals surface area contributed by atoms with Crippen LogP contribution in [0.2, 0.25) is 0 Å². The molecule has 4 N–H and O–H groups in total. The number of thioether (sulfide) groups is 2. The van der Waals surface area contributed by atoms with Crippen molar-refractivity contribution in [3.63, 3.8) is 0 Å². The molecule has 6 aliphatic rings. The molecule has 8 bridgehead atoms. The van der Waals surface area contributed by atoms with Gasteiger partial charge in [-0.15, -0.1) is 23.5 Å². The number of phenolic OH excluding ortho intramolecular Hbond substituents is 1. The van der Waals surface area contributed by atoms with Gasteiger partial charge in [-0.1, -0.05) is 45.9 Å². The number of hydrogen-bond acceptors (Lipinski definition) is 17. The van der Waals surface area contributed by atoms with E-state index in [1.165, 1.54) is 34.1 Å². The number of fused-ring (bicyclic) bond motifs is 6. The van der Waals surface area contributed by atoms with Gasteiger partial charge in [0.05, 0.1) is 35.5 Å². The molecule has 73 heavy (non-hydrogen) atoms. The van der Waals surface area contributed by atoms with Crippen molar-refractivity contribution in [3.05, 3.63) is 75.2 Å². The predicted octanol–water partition coefficient (Wildman–Crippen LogP) is 8.02. The highest BCUT2D eigenvalue weighted by Gasteiger charge is 2.50. The Morgan fingerprint density at radius 1 is 0.945 bits per heavy atom. The molecule has 0 radical (unpaired) electrons. The molecule has 18 heteroatoms. The number of nitrogens with zero attached hydrogens (tertiary/aromatic N) is 3. The molecule has 10 rings (SSSR count). The minimum atomic E-state index is -2.04. The van der Waals surface area contributed by atoms with Crippen molar-refractivity contribution in [2.75, 3.05) is 49.1 Å². The Morgan fingerprint density at radius 3 is 2.38 bits per heavy atom. The first-order chi connectivity index (χ1) is 34.7. The van der Waals surface area contributed by atoms with Crippen LogP contribution in [0.1, 0.15) is 89.2 Å². The minimum absolute atomic E-state index is 0.0107. The molecule has 11 unspecified atom stereocenters. The lowest BCUT2D eigenvalue weighted by molar-refractivity contribution is -0.160. The average molecular weight is 1040 g/mol. The first-order valence-corrected chi connectivity index (χ1v) is 27.4. The van der Waals surface area contributed by atoms with E-state index in [2.05, 4.69) is 28.2 Å². The Kier molecular flexibility index (Phi) is 15.1. The maximum atomic E-state index is 15.1. The van der Waals surface area contributed by atoms with Gasteiger partial charge in [-0.05, 0) is 64.3 Å². The number of aliphatic hydroxyl groups excluding tert-OH is 2. The van der Waals surface area contributed by atoms with Gasteiger partial charge in [0.1, 0.15) is 28.6 Å². The third-order valence-corrected chi connectivity index (χ3v) is 19.3. The number of esters is 1. The van der Waals surface area contributed by atoms with Crippen molar-refractivity contribution in [3.8, 4) is 11.5 Å². The zero-order chi connectivity index (χ0) is 52.4. The third-order valence-electron chi connectivity index (χ3n) is 16.1. The number of phenols is 1. The lowest BCUT2D eigenvalue weighted by Crippen LogP contribution is -2.46. The average Bonchev–Trinajstić information content (AvgIpc) is 3.93. The Morgan fingerprint density at radius 2 is 1.67 bits per heavy atom. The molecular formula is C55H68N4O12S2. The van der Waals surface area contributed by atoms with E-state index in [-0.39, 0.29) is 50.0 Å². The molecule has 2 saturated heterocycles. The Hall–Kier alpha value is -5.11. The second-order valence-corrected chi connectivity index (χ2v) is 23.7. The van der Waals surface area contributed by atoms with Gasteiger partial charge in [0.2, 0.25) is 0 Å². The lowest BCUT2D eigenvalue weighted by Gasteiger charge is -2.38. The number of aromatic nitrogens is 1. The molecule has 1 amide bonds. The quantitative estimate of drug-likeness (QED) is 0.0648. The number of benzene rings is 3. The van der Waals surface area contributed by atoms with Gasteiger partial charge in [0.15, 0.2) is 22.3 Å². The summed E-state index contributed by atoms with van der Waals surface area (Å²) >= 11 is 4.01. The molecule has 16 nitrogen and oxygen atoms in total. The number of ether oxygens (including phenoxy) is 4. The summed E-state index contributed by atoms with van der Waals surface area (Å²) in [4.78, 5) is 66.9.